The Morgan fingerprint density at radius 1 is 1.06 bits per heavy atom. The van der Waals surface area contributed by atoms with Crippen LogP contribution in [-0.4, -0.2) is 39.0 Å². The van der Waals surface area contributed by atoms with Crippen molar-refractivity contribution in [3.05, 3.63) is 47.9 Å². The molecule has 3 heterocycles. The third-order valence-corrected chi connectivity index (χ3v) is 7.97. The Hall–Kier alpha value is -2.56. The van der Waals surface area contributed by atoms with Gasteiger partial charge in [0.15, 0.2) is 0 Å². The molecule has 2 aliphatic heterocycles. The molecular formula is C28H37N3O2. The van der Waals surface area contributed by atoms with Crippen LogP contribution in [-0.2, 0) is 0 Å². The summed E-state index contributed by atoms with van der Waals surface area (Å²) in [7, 11) is 0. The zero-order chi connectivity index (χ0) is 22.8. The molecule has 1 amide bonds. The van der Waals surface area contributed by atoms with E-state index < -0.39 is 0 Å². The van der Waals surface area contributed by atoms with E-state index in [0.29, 0.717) is 11.8 Å². The Balaban J connectivity index is 1.32. The van der Waals surface area contributed by atoms with Gasteiger partial charge in [-0.15, -0.1) is 0 Å². The number of benzene rings is 1. The molecule has 1 saturated carbocycles. The van der Waals surface area contributed by atoms with Crippen molar-refractivity contribution >= 4 is 22.5 Å². The highest BCUT2D eigenvalue weighted by molar-refractivity contribution is 5.99. The number of aliphatic hydroxyl groups is 1. The molecule has 33 heavy (non-hydrogen) atoms. The molecule has 2 aromatic rings. The van der Waals surface area contributed by atoms with E-state index in [1.165, 1.54) is 38.5 Å². The Morgan fingerprint density at radius 2 is 1.82 bits per heavy atom. The molecule has 5 rings (SSSR count). The van der Waals surface area contributed by atoms with Crippen LogP contribution in [0.15, 0.2) is 42.3 Å². The van der Waals surface area contributed by atoms with Crippen LogP contribution in [0.2, 0.25) is 0 Å². The number of anilines is 1. The van der Waals surface area contributed by atoms with Gasteiger partial charge in [-0.2, -0.15) is 0 Å². The van der Waals surface area contributed by atoms with Crippen LogP contribution in [0.3, 0.4) is 0 Å². The average molecular weight is 448 g/mol. The maximum absolute atomic E-state index is 13.6. The van der Waals surface area contributed by atoms with Crippen molar-refractivity contribution in [1.82, 2.24) is 9.88 Å². The highest BCUT2D eigenvalue weighted by Gasteiger charge is 2.42. The summed E-state index contributed by atoms with van der Waals surface area (Å²) in [5.41, 5.74) is 0.751. The molecule has 2 atom stereocenters. The first-order valence-corrected chi connectivity index (χ1v) is 13.0. The molecule has 1 aliphatic carbocycles. The number of piperidine rings is 2. The molecule has 0 radical (unpaired) electrons. The number of rotatable bonds is 5. The smallest absolute Gasteiger partial charge is 0.254 e. The maximum atomic E-state index is 13.6. The van der Waals surface area contributed by atoms with Crippen molar-refractivity contribution in [2.45, 2.75) is 95.7 Å². The predicted molar refractivity (Wildman–Crippen MR) is 134 cm³/mol. The average Bonchev–Trinajstić information content (AvgIpc) is 2.83. The molecule has 5 heteroatoms. The number of allylic oxidation sites excluding steroid dienone is 2. The van der Waals surface area contributed by atoms with E-state index in [1.807, 2.05) is 24.4 Å². The van der Waals surface area contributed by atoms with Crippen LogP contribution in [0.5, 0.6) is 0 Å². The minimum absolute atomic E-state index is 0.133. The third kappa shape index (κ3) is 4.73. The van der Waals surface area contributed by atoms with Crippen molar-refractivity contribution in [2.75, 3.05) is 5.32 Å². The minimum atomic E-state index is 0.133. The van der Waals surface area contributed by atoms with Crippen molar-refractivity contribution in [2.24, 2.45) is 5.92 Å². The van der Waals surface area contributed by atoms with Gasteiger partial charge in [-0.1, -0.05) is 32.3 Å². The van der Waals surface area contributed by atoms with Gasteiger partial charge in [-0.3, -0.25) is 4.79 Å². The van der Waals surface area contributed by atoms with Gasteiger partial charge in [0.25, 0.3) is 5.91 Å². The fourth-order valence-corrected chi connectivity index (χ4v) is 6.29. The maximum Gasteiger partial charge on any atom is 0.254 e. The highest BCUT2D eigenvalue weighted by atomic mass is 16.3. The summed E-state index contributed by atoms with van der Waals surface area (Å²) >= 11 is 0. The number of pyridine rings is 1. The number of nitrogens with zero attached hydrogens (tertiary/aromatic N) is 2. The first-order chi connectivity index (χ1) is 16.1. The van der Waals surface area contributed by atoms with E-state index in [2.05, 4.69) is 34.3 Å². The number of hydrogen-bond donors (Lipinski definition) is 2. The van der Waals surface area contributed by atoms with Gasteiger partial charge >= 0.3 is 0 Å². The number of carbonyl (C=O) groups is 1. The standard InChI is InChI=1S/C28H37N3O2/c1-2-7-26(32)21-15-24-10-6-11-25(16-21)31(24)28(33)20-13-12-19-17-27(29-18-22(19)14-20)30-23-8-4-3-5-9-23/h7,12-14,17-18,21,23-25,32H,2-6,8-11,15-16H2,1H3,(H,29,30)/b26-7+. The summed E-state index contributed by atoms with van der Waals surface area (Å²) in [5.74, 6) is 1.79. The van der Waals surface area contributed by atoms with Crippen LogP contribution in [0.4, 0.5) is 5.82 Å². The van der Waals surface area contributed by atoms with Gasteiger partial charge < -0.3 is 15.3 Å². The highest BCUT2D eigenvalue weighted by Crippen LogP contribution is 2.40. The van der Waals surface area contributed by atoms with E-state index in [-0.39, 0.29) is 23.9 Å². The minimum Gasteiger partial charge on any atom is -0.512 e. The van der Waals surface area contributed by atoms with Gasteiger partial charge in [0.1, 0.15) is 5.82 Å². The van der Waals surface area contributed by atoms with Gasteiger partial charge in [0.05, 0.1) is 5.76 Å². The molecule has 2 bridgehead atoms. The molecule has 5 nitrogen and oxygen atoms in total. The lowest BCUT2D eigenvalue weighted by Gasteiger charge is -2.48. The van der Waals surface area contributed by atoms with Gasteiger partial charge in [0.2, 0.25) is 0 Å². The van der Waals surface area contributed by atoms with Crippen molar-refractivity contribution in [3.8, 4) is 0 Å². The Kier molecular flexibility index (Phi) is 6.57. The Morgan fingerprint density at radius 3 is 2.55 bits per heavy atom. The number of fused-ring (bicyclic) bond motifs is 3. The van der Waals surface area contributed by atoms with E-state index >= 15 is 0 Å². The number of carbonyl (C=O) groups excluding carboxylic acids is 1. The van der Waals surface area contributed by atoms with Gasteiger partial charge in [0, 0.05) is 41.2 Å². The fourth-order valence-electron chi connectivity index (χ4n) is 6.29. The zero-order valence-electron chi connectivity index (χ0n) is 19.8. The molecule has 2 saturated heterocycles. The fraction of sp³-hybridized carbons (Fsp3) is 0.571. The number of nitrogens with one attached hydrogen (secondary N) is 1. The summed E-state index contributed by atoms with van der Waals surface area (Å²) in [6.07, 6.45) is 16.0. The van der Waals surface area contributed by atoms with Crippen LogP contribution in [0.1, 0.15) is 87.9 Å². The molecule has 2 unspecified atom stereocenters. The molecule has 3 aliphatic rings. The lowest BCUT2D eigenvalue weighted by molar-refractivity contribution is 0.0137. The molecule has 3 fully saturated rings. The first kappa shape index (κ1) is 22.2. The van der Waals surface area contributed by atoms with Crippen LogP contribution < -0.4 is 5.32 Å². The molecule has 1 aromatic heterocycles. The lowest BCUT2D eigenvalue weighted by atomic mass is 9.77. The van der Waals surface area contributed by atoms with Crippen LogP contribution in [0.25, 0.3) is 10.8 Å². The van der Waals surface area contributed by atoms with Crippen LogP contribution >= 0.6 is 0 Å². The number of aliphatic hydroxyl groups excluding tert-OH is 1. The second-order valence-electron chi connectivity index (χ2n) is 10.3. The quantitative estimate of drug-likeness (QED) is 0.507. The van der Waals surface area contributed by atoms with Gasteiger partial charge in [-0.25, -0.2) is 4.98 Å². The second-order valence-corrected chi connectivity index (χ2v) is 10.3. The molecule has 2 N–H and O–H groups in total. The second kappa shape index (κ2) is 9.74. The lowest BCUT2D eigenvalue weighted by Crippen LogP contribution is -2.54. The SMILES string of the molecule is CC/C=C(/O)C1CC2CCCC(C1)N2C(=O)c1ccc2cc(NC3CCCCC3)ncc2c1. The van der Waals surface area contributed by atoms with E-state index in [0.717, 1.165) is 54.3 Å². The van der Waals surface area contributed by atoms with E-state index in [9.17, 15) is 9.90 Å². The van der Waals surface area contributed by atoms with Crippen molar-refractivity contribution in [3.63, 3.8) is 0 Å². The van der Waals surface area contributed by atoms with Crippen molar-refractivity contribution < 1.29 is 9.90 Å². The predicted octanol–water partition coefficient (Wildman–Crippen LogP) is 6.60. The zero-order valence-corrected chi connectivity index (χ0v) is 19.8. The van der Waals surface area contributed by atoms with Gasteiger partial charge in [-0.05, 0) is 81.0 Å². The molecule has 0 spiro atoms. The Labute approximate surface area is 197 Å². The topological polar surface area (TPSA) is 65.5 Å². The summed E-state index contributed by atoms with van der Waals surface area (Å²) in [5, 5.41) is 16.2. The summed E-state index contributed by atoms with van der Waals surface area (Å²) in [4.78, 5) is 20.4. The van der Waals surface area contributed by atoms with Crippen LogP contribution in [0, 0.1) is 5.92 Å². The monoisotopic (exact) mass is 447 g/mol. The number of amides is 1. The van der Waals surface area contributed by atoms with E-state index in [1.54, 1.807) is 0 Å². The molecule has 176 valence electrons. The normalized spacial score (nSPS) is 26.4. The van der Waals surface area contributed by atoms with Crippen molar-refractivity contribution in [1.29, 1.82) is 0 Å². The molecule has 1 aromatic carbocycles. The van der Waals surface area contributed by atoms with E-state index in [4.69, 9.17) is 0 Å². The summed E-state index contributed by atoms with van der Waals surface area (Å²) < 4.78 is 0. The Bertz CT molecular complexity index is 1010. The summed E-state index contributed by atoms with van der Waals surface area (Å²) in [6.45, 7) is 2.05. The largest absolute Gasteiger partial charge is 0.512 e. The molecular weight excluding hydrogens is 410 g/mol. The summed E-state index contributed by atoms with van der Waals surface area (Å²) in [6, 6.07) is 9.13. The number of hydrogen-bond acceptors (Lipinski definition) is 4. The number of aromatic nitrogens is 1. The third-order valence-electron chi connectivity index (χ3n) is 7.97. The first-order valence-electron chi connectivity index (χ1n) is 13.0.